The third-order valence-electron chi connectivity index (χ3n) is 23.5. The Kier molecular flexibility index (Phi) is 10.9. The fraction of sp³-hybridized carbons (Fsp3) is 0.0510. The molecule has 6 heterocycles. The summed E-state index contributed by atoms with van der Waals surface area (Å²) >= 11 is 0. The van der Waals surface area contributed by atoms with Crippen LogP contribution in [0.25, 0.3) is 224 Å². The first-order chi connectivity index (χ1) is 50.1. The highest BCUT2D eigenvalue weighted by atomic mass is 14.9. The molecule has 0 aliphatic rings. The van der Waals surface area contributed by atoms with Crippen molar-refractivity contribution in [1.29, 1.82) is 5.26 Å². The average molecular weight is 1290 g/mol. The number of fused-ring (bicyclic) bond motifs is 27. The Bertz CT molecular complexity index is 7730. The lowest BCUT2D eigenvalue weighted by Gasteiger charge is -2.19. The number of para-hydroxylation sites is 1. The van der Waals surface area contributed by atoms with Gasteiger partial charge in [0.1, 0.15) is 0 Å². The van der Waals surface area contributed by atoms with E-state index in [2.05, 4.69) is 326 Å². The Labute approximate surface area is 585 Å². The molecule has 0 saturated carbocycles. The molecule has 0 aliphatic carbocycles. The first-order valence-electron chi connectivity index (χ1n) is 35.6. The number of hydrogen-bond donors (Lipinski definition) is 0. The highest BCUT2D eigenvalue weighted by Gasteiger charge is 2.27. The second kappa shape index (κ2) is 19.9. The number of nitrogens with zero attached hydrogens (tertiary/aromatic N) is 4. The molecule has 17 aromatic carbocycles. The van der Waals surface area contributed by atoms with E-state index in [1.165, 1.54) is 218 Å². The van der Waals surface area contributed by atoms with Crippen molar-refractivity contribution in [1.82, 2.24) is 13.2 Å². The average Bonchev–Trinajstić information content (AvgIpc) is 1.54. The summed E-state index contributed by atoms with van der Waals surface area (Å²) < 4.78 is 7.60. The lowest BCUT2D eigenvalue weighted by molar-refractivity contribution is 0.590. The molecule has 0 saturated heterocycles. The van der Waals surface area contributed by atoms with Crippen molar-refractivity contribution >= 4 is 168 Å². The lowest BCUT2D eigenvalue weighted by Crippen LogP contribution is -2.10. The molecule has 4 heteroatoms. The van der Waals surface area contributed by atoms with E-state index in [0.717, 1.165) is 16.7 Å². The molecule has 0 aliphatic heterocycles. The zero-order valence-corrected chi connectivity index (χ0v) is 56.5. The minimum atomic E-state index is 0.0542. The van der Waals surface area contributed by atoms with Crippen molar-refractivity contribution in [2.75, 3.05) is 0 Å². The monoisotopic (exact) mass is 1290 g/mol. The predicted molar refractivity (Wildman–Crippen MR) is 433 cm³/mol. The highest BCUT2D eigenvalue weighted by Crippen LogP contribution is 2.51. The highest BCUT2D eigenvalue weighted by molar-refractivity contribution is 6.34. The molecule has 0 bridgehead atoms. The van der Waals surface area contributed by atoms with Crippen LogP contribution in [-0.4, -0.2) is 13.2 Å². The summed E-state index contributed by atoms with van der Waals surface area (Å²) in [5, 5.41) is 37.4. The second-order valence-corrected chi connectivity index (χ2v) is 29.8. The molecule has 23 rings (SSSR count). The van der Waals surface area contributed by atoms with Crippen molar-refractivity contribution in [3.8, 4) is 61.7 Å². The van der Waals surface area contributed by atoms with Gasteiger partial charge in [0, 0.05) is 64.6 Å². The first-order valence-corrected chi connectivity index (χ1v) is 35.6. The molecular weight excluding hydrogens is 1230 g/mol. The van der Waals surface area contributed by atoms with Gasteiger partial charge in [-0.25, -0.2) is 0 Å². The summed E-state index contributed by atoms with van der Waals surface area (Å²) in [6, 6.07) is 113. The molecule has 0 radical (unpaired) electrons. The smallest absolute Gasteiger partial charge is 0.0991 e. The Morgan fingerprint density at radius 3 is 1.30 bits per heavy atom. The van der Waals surface area contributed by atoms with Crippen LogP contribution in [-0.2, 0) is 5.41 Å². The molecule has 23 aromatic rings. The Hall–Kier alpha value is -13.1. The van der Waals surface area contributed by atoms with Crippen LogP contribution < -0.4 is 0 Å². The Morgan fingerprint density at radius 2 is 0.667 bits per heavy atom. The van der Waals surface area contributed by atoms with Gasteiger partial charge in [-0.3, -0.25) is 0 Å². The topological polar surface area (TPSA) is 37.0 Å². The third kappa shape index (κ3) is 7.43. The summed E-state index contributed by atoms with van der Waals surface area (Å²) in [7, 11) is 0. The fourth-order valence-electron chi connectivity index (χ4n) is 18.8. The van der Waals surface area contributed by atoms with Gasteiger partial charge < -0.3 is 13.2 Å². The summed E-state index contributed by atoms with van der Waals surface area (Å²) in [6.07, 6.45) is 0. The summed E-state index contributed by atoms with van der Waals surface area (Å²) in [5.74, 6) is 0. The van der Waals surface area contributed by atoms with Crippen molar-refractivity contribution < 1.29 is 0 Å². The van der Waals surface area contributed by atoms with Gasteiger partial charge in [0.05, 0.1) is 61.3 Å². The van der Waals surface area contributed by atoms with E-state index in [1.807, 2.05) is 12.1 Å². The minimum absolute atomic E-state index is 0.0542. The van der Waals surface area contributed by atoms with Crippen LogP contribution in [0.15, 0.2) is 291 Å². The van der Waals surface area contributed by atoms with E-state index < -0.39 is 0 Å². The van der Waals surface area contributed by atoms with E-state index in [4.69, 9.17) is 0 Å². The number of nitriles is 1. The van der Waals surface area contributed by atoms with Gasteiger partial charge in [0.15, 0.2) is 0 Å². The molecule has 102 heavy (non-hydrogen) atoms. The van der Waals surface area contributed by atoms with Gasteiger partial charge in [-0.05, 0) is 230 Å². The van der Waals surface area contributed by atoms with Gasteiger partial charge in [-0.15, -0.1) is 0 Å². The van der Waals surface area contributed by atoms with Crippen LogP contribution >= 0.6 is 0 Å². The van der Waals surface area contributed by atoms with Crippen LogP contribution in [0.5, 0.6) is 0 Å². The standard InChI is InChI=1S/C98H60N4/c1-54-22-23-55(53-99)44-78(54)63-32-40-86-79(48-63)76-20-11-21-77-93-74-18-9-16-68(72(74)36-42-90(93)100(86)95(76)77)65-50-82-80-46-60(56-26-33-66(34-27-56)98(2,3)4)30-38-87(80)102-91-43-37-73-69(17-10-19-75(73)94(91)85(52-65)97(82)102)64-49-83-81-47-61(59-28-35-70-62(45-59)25-24-57-12-5-7-14-67(57)70)31-39-88(81)101-89-41-29-58-13-6-8-15-71(58)92(89)84(51-64)96(83)101/h5-52H,1-4H3. The number of aryl methyl sites for hydroxylation is 1. The Balaban J connectivity index is 0.751. The van der Waals surface area contributed by atoms with Crippen LogP contribution in [0.1, 0.15) is 37.5 Å². The fourth-order valence-corrected chi connectivity index (χ4v) is 18.8. The number of rotatable bonds is 5. The SMILES string of the molecule is Cc1ccc(C#N)cc1-c1ccc2c(c1)c1cccc3c4c5cccc(-c6cc7c8cc(-c9ccc(C(C)(C)C)cc9)ccc8n8c9ccc%10c(-c%11cc%12c%13cc(-c%14ccc%15c(ccc%16ccccc%16%15)c%14)ccc%13n%13c%14ccc%15ccccc%15c%14c(c%11)c%12%13)cccc%10c9c(c6)c78)c5ccc4n2c13. The Morgan fingerprint density at radius 1 is 0.255 bits per heavy atom. The summed E-state index contributed by atoms with van der Waals surface area (Å²) in [4.78, 5) is 0. The zero-order chi connectivity index (χ0) is 67.3. The van der Waals surface area contributed by atoms with Crippen LogP contribution in [0.2, 0.25) is 0 Å². The molecule has 472 valence electrons. The quantitative estimate of drug-likeness (QED) is 0.158. The van der Waals surface area contributed by atoms with E-state index in [0.29, 0.717) is 5.56 Å². The maximum absolute atomic E-state index is 9.88. The number of benzene rings is 17. The molecule has 0 amide bonds. The van der Waals surface area contributed by atoms with E-state index in [1.54, 1.807) is 0 Å². The molecule has 4 nitrogen and oxygen atoms in total. The van der Waals surface area contributed by atoms with Crippen molar-refractivity contribution in [3.63, 3.8) is 0 Å². The molecule has 0 unspecified atom stereocenters. The molecule has 0 spiro atoms. The van der Waals surface area contributed by atoms with E-state index >= 15 is 0 Å². The lowest BCUT2D eigenvalue weighted by atomic mass is 9.86. The summed E-state index contributed by atoms with van der Waals surface area (Å²) in [6.45, 7) is 8.99. The van der Waals surface area contributed by atoms with Crippen molar-refractivity contribution in [3.05, 3.63) is 308 Å². The van der Waals surface area contributed by atoms with Gasteiger partial charge in [0.25, 0.3) is 0 Å². The van der Waals surface area contributed by atoms with Gasteiger partial charge in [0.2, 0.25) is 0 Å². The van der Waals surface area contributed by atoms with Gasteiger partial charge in [-0.2, -0.15) is 5.26 Å². The van der Waals surface area contributed by atoms with Crippen LogP contribution in [0, 0.1) is 18.3 Å². The largest absolute Gasteiger partial charge is 0.308 e. The van der Waals surface area contributed by atoms with Crippen molar-refractivity contribution in [2.24, 2.45) is 0 Å². The summed E-state index contributed by atoms with van der Waals surface area (Å²) in [5.41, 5.74) is 26.1. The van der Waals surface area contributed by atoms with E-state index in [9.17, 15) is 5.26 Å². The van der Waals surface area contributed by atoms with Gasteiger partial charge in [-0.1, -0.05) is 215 Å². The maximum atomic E-state index is 9.88. The molecule has 0 fully saturated rings. The molecule has 0 N–H and O–H groups in total. The maximum Gasteiger partial charge on any atom is 0.0991 e. The molecule has 6 aromatic heterocycles. The molecule has 0 atom stereocenters. The van der Waals surface area contributed by atoms with E-state index in [-0.39, 0.29) is 5.41 Å². The number of hydrogen-bond acceptors (Lipinski definition) is 1. The third-order valence-corrected chi connectivity index (χ3v) is 23.5. The molecular formula is C98H60N4. The number of aromatic nitrogens is 3. The normalized spacial score (nSPS) is 12.7. The zero-order valence-electron chi connectivity index (χ0n) is 56.5. The predicted octanol–water partition coefficient (Wildman–Crippen LogP) is 26.7. The van der Waals surface area contributed by atoms with Gasteiger partial charge >= 0.3 is 0 Å². The van der Waals surface area contributed by atoms with Crippen molar-refractivity contribution in [2.45, 2.75) is 33.1 Å². The van der Waals surface area contributed by atoms with Crippen LogP contribution in [0.3, 0.4) is 0 Å². The first kappa shape index (κ1) is 55.9. The van der Waals surface area contributed by atoms with Crippen LogP contribution in [0.4, 0.5) is 0 Å². The minimum Gasteiger partial charge on any atom is -0.308 e. The second-order valence-electron chi connectivity index (χ2n) is 29.8.